The lowest BCUT2D eigenvalue weighted by Gasteiger charge is -2.28. The number of halogens is 7. The van der Waals surface area contributed by atoms with Crippen LogP contribution in [-0.2, 0) is 45.5 Å². The van der Waals surface area contributed by atoms with Gasteiger partial charge in [-0.05, 0) is 36.2 Å². The molecule has 2 amide bonds. The molecule has 21 heteroatoms. The predicted octanol–water partition coefficient (Wildman–Crippen LogP) is 5.91. The first-order valence-electron chi connectivity index (χ1n) is 16.8. The van der Waals surface area contributed by atoms with Crippen LogP contribution in [0, 0.1) is 17.6 Å². The standard InChI is InChI=1S/C35H28ClF6N9O4S/c1-50-30-17(4-6-21(36)27(30)34(48-50)49-56(2,54)55)19-11-23-33(43-12-24(52)45-23)46-28(19)22(9-14-7-15(37)10-16(38)8-14)44-25(53)13-51-31-26(29(47-51)32(39)40)18-3-5-20(18)35(31,41)42/h3-8,10-11,18,20,22,32H,9,12-13H2,1-2H3,(H,43,46)(H,44,53)(H,45,52)(H,48,49)/t18-,20+,22-/m0/s1. The van der Waals surface area contributed by atoms with Crippen molar-refractivity contribution in [1.29, 1.82) is 0 Å². The third kappa shape index (κ3) is 6.39. The fourth-order valence-corrected chi connectivity index (χ4v) is 8.30. The zero-order valence-electron chi connectivity index (χ0n) is 29.0. The van der Waals surface area contributed by atoms with Crippen LogP contribution < -0.4 is 20.7 Å². The van der Waals surface area contributed by atoms with Crippen molar-refractivity contribution in [3.05, 3.63) is 93.4 Å². The highest BCUT2D eigenvalue weighted by Crippen LogP contribution is 2.60. The first-order valence-corrected chi connectivity index (χ1v) is 19.1. The Morgan fingerprint density at radius 3 is 2.46 bits per heavy atom. The largest absolute Gasteiger partial charge is 0.359 e. The molecule has 13 nitrogen and oxygen atoms in total. The summed E-state index contributed by atoms with van der Waals surface area (Å²) in [6, 6.07) is 5.85. The second-order valence-electron chi connectivity index (χ2n) is 13.7. The van der Waals surface area contributed by atoms with Crippen molar-refractivity contribution in [2.24, 2.45) is 13.0 Å². The smallest absolute Gasteiger partial charge is 0.296 e. The SMILES string of the molecule is Cn1nc(NS(C)(=O)=O)c2c(Cl)ccc(-c3cc4c(nc3[C@H](Cc3cc(F)cc(F)c3)NC(=O)Cn3nc(C(F)F)c5c3C(F)(F)[C@@H]3C=C[C@H]53)NCC(=O)N4)c21. The lowest BCUT2D eigenvalue weighted by atomic mass is 9.81. The van der Waals surface area contributed by atoms with Crippen molar-refractivity contribution in [1.82, 2.24) is 29.9 Å². The molecule has 4 N–H and O–H groups in total. The van der Waals surface area contributed by atoms with E-state index in [1.165, 1.54) is 36.0 Å². The van der Waals surface area contributed by atoms with Gasteiger partial charge in [0.15, 0.2) is 11.6 Å². The van der Waals surface area contributed by atoms with Crippen LogP contribution in [-0.4, -0.2) is 57.6 Å². The number of aromatic nitrogens is 5. The lowest BCUT2D eigenvalue weighted by molar-refractivity contribution is -0.123. The number of allylic oxidation sites excluding steroid dienone is 2. The normalized spacial score (nSPS) is 18.5. The van der Waals surface area contributed by atoms with E-state index in [1.54, 1.807) is 6.07 Å². The maximum absolute atomic E-state index is 15.6. The molecule has 5 aromatic rings. The van der Waals surface area contributed by atoms with E-state index in [4.69, 9.17) is 16.6 Å². The number of aryl methyl sites for hydroxylation is 1. The molecule has 3 atom stereocenters. The molecule has 56 heavy (non-hydrogen) atoms. The summed E-state index contributed by atoms with van der Waals surface area (Å²) in [7, 11) is -2.34. The van der Waals surface area contributed by atoms with Crippen LogP contribution in [0.2, 0.25) is 5.02 Å². The van der Waals surface area contributed by atoms with Gasteiger partial charge in [0.1, 0.15) is 29.6 Å². The van der Waals surface area contributed by atoms with Crippen molar-refractivity contribution < 1.29 is 44.3 Å². The van der Waals surface area contributed by atoms with Gasteiger partial charge >= 0.3 is 0 Å². The topological polar surface area (TPSA) is 165 Å². The summed E-state index contributed by atoms with van der Waals surface area (Å²) in [5.74, 6) is -9.25. The van der Waals surface area contributed by atoms with Gasteiger partial charge in [0, 0.05) is 35.7 Å². The van der Waals surface area contributed by atoms with E-state index in [0.29, 0.717) is 16.3 Å². The Morgan fingerprint density at radius 1 is 1.07 bits per heavy atom. The van der Waals surface area contributed by atoms with E-state index < -0.39 is 81.6 Å². The Labute approximate surface area is 318 Å². The van der Waals surface area contributed by atoms with Gasteiger partial charge in [0.2, 0.25) is 21.8 Å². The number of rotatable bonds is 10. The highest BCUT2D eigenvalue weighted by Gasteiger charge is 2.60. The van der Waals surface area contributed by atoms with E-state index >= 15 is 8.78 Å². The third-order valence-electron chi connectivity index (χ3n) is 9.78. The summed E-state index contributed by atoms with van der Waals surface area (Å²) in [4.78, 5) is 31.1. The van der Waals surface area contributed by atoms with Gasteiger partial charge in [-0.15, -0.1) is 0 Å². The predicted molar refractivity (Wildman–Crippen MR) is 192 cm³/mol. The monoisotopic (exact) mass is 819 g/mol. The Hall–Kier alpha value is -5.63. The molecular weight excluding hydrogens is 792 g/mol. The van der Waals surface area contributed by atoms with Crippen LogP contribution in [0.15, 0.2) is 48.6 Å². The number of sulfonamides is 1. The molecule has 1 aliphatic heterocycles. The molecule has 3 aliphatic rings. The fraction of sp³-hybridized carbons (Fsp3) is 0.286. The molecule has 0 saturated carbocycles. The Kier molecular flexibility index (Phi) is 8.83. The first kappa shape index (κ1) is 37.3. The number of nitrogens with one attached hydrogen (secondary N) is 4. The van der Waals surface area contributed by atoms with Crippen molar-refractivity contribution in [3.63, 3.8) is 0 Å². The molecular formula is C35H28ClF6N9O4S. The number of alkyl halides is 4. The maximum Gasteiger partial charge on any atom is 0.296 e. The van der Waals surface area contributed by atoms with Crippen LogP contribution in [0.1, 0.15) is 46.6 Å². The zero-order valence-corrected chi connectivity index (χ0v) is 30.5. The molecule has 2 aliphatic carbocycles. The van der Waals surface area contributed by atoms with Crippen molar-refractivity contribution in [2.45, 2.75) is 37.3 Å². The number of hydrogen-bond donors (Lipinski definition) is 4. The molecule has 292 valence electrons. The number of fused-ring (bicyclic) bond motifs is 5. The molecule has 0 spiro atoms. The molecule has 2 aromatic carbocycles. The van der Waals surface area contributed by atoms with E-state index in [-0.39, 0.29) is 68.6 Å². The number of pyridine rings is 1. The number of nitrogens with zero attached hydrogens (tertiary/aromatic N) is 5. The minimum atomic E-state index is -3.85. The van der Waals surface area contributed by atoms with Crippen molar-refractivity contribution >= 4 is 61.7 Å². The number of anilines is 3. The number of benzene rings is 2. The number of carbonyl (C=O) groups excluding carboxylic acids is 2. The van der Waals surface area contributed by atoms with Gasteiger partial charge in [-0.25, -0.2) is 31.0 Å². The minimum Gasteiger partial charge on any atom is -0.359 e. The van der Waals surface area contributed by atoms with E-state index in [2.05, 4.69) is 30.9 Å². The van der Waals surface area contributed by atoms with Gasteiger partial charge in [0.25, 0.3) is 12.3 Å². The second-order valence-corrected chi connectivity index (χ2v) is 15.8. The average Bonchev–Trinajstić information content (AvgIpc) is 3.64. The van der Waals surface area contributed by atoms with Crippen LogP contribution in [0.4, 0.5) is 43.7 Å². The molecule has 0 fully saturated rings. The van der Waals surface area contributed by atoms with Crippen LogP contribution in [0.5, 0.6) is 0 Å². The van der Waals surface area contributed by atoms with Gasteiger partial charge < -0.3 is 16.0 Å². The summed E-state index contributed by atoms with van der Waals surface area (Å²) in [6.45, 7) is -1.14. The molecule has 4 heterocycles. The van der Waals surface area contributed by atoms with Crippen LogP contribution >= 0.6 is 11.6 Å². The highest BCUT2D eigenvalue weighted by molar-refractivity contribution is 7.92. The van der Waals surface area contributed by atoms with Gasteiger partial charge in [0.05, 0.1) is 52.1 Å². The summed E-state index contributed by atoms with van der Waals surface area (Å²) in [5.41, 5.74) is -0.997. The minimum absolute atomic E-state index is 0.0272. The van der Waals surface area contributed by atoms with E-state index in [0.717, 1.165) is 18.4 Å². The molecule has 0 unspecified atom stereocenters. The molecule has 0 saturated heterocycles. The second kappa shape index (κ2) is 13.2. The number of amides is 2. The summed E-state index contributed by atoms with van der Waals surface area (Å²) >= 11 is 6.58. The van der Waals surface area contributed by atoms with Crippen molar-refractivity contribution in [2.75, 3.05) is 28.2 Å². The quantitative estimate of drug-likeness (QED) is 0.0998. The highest BCUT2D eigenvalue weighted by atomic mass is 35.5. The van der Waals surface area contributed by atoms with Crippen LogP contribution in [0.25, 0.3) is 22.0 Å². The molecule has 3 aromatic heterocycles. The summed E-state index contributed by atoms with van der Waals surface area (Å²) in [6.07, 6.45) is -0.0405. The molecule has 0 radical (unpaired) electrons. The fourth-order valence-electron chi connectivity index (χ4n) is 7.56. The van der Waals surface area contributed by atoms with Gasteiger partial charge in [-0.2, -0.15) is 19.0 Å². The number of hydrogen-bond acceptors (Lipinski definition) is 8. The average molecular weight is 820 g/mol. The first-order chi connectivity index (χ1) is 26.4. The summed E-state index contributed by atoms with van der Waals surface area (Å²) in [5, 5.41) is 16.6. The van der Waals surface area contributed by atoms with E-state index in [1.807, 2.05) is 0 Å². The summed E-state index contributed by atoms with van der Waals surface area (Å²) < 4.78 is 117. The molecule has 0 bridgehead atoms. The van der Waals surface area contributed by atoms with E-state index in [9.17, 15) is 35.6 Å². The number of carbonyl (C=O) groups is 2. The van der Waals surface area contributed by atoms with Crippen molar-refractivity contribution in [3.8, 4) is 11.1 Å². The Morgan fingerprint density at radius 2 is 1.80 bits per heavy atom. The van der Waals surface area contributed by atoms with Gasteiger partial charge in [-0.1, -0.05) is 29.8 Å². The van der Waals surface area contributed by atoms with Crippen LogP contribution in [0.3, 0.4) is 0 Å². The Balaban J connectivity index is 1.28. The Bertz CT molecular complexity index is 2630. The lowest BCUT2D eigenvalue weighted by Crippen LogP contribution is -2.36. The van der Waals surface area contributed by atoms with Gasteiger partial charge in [-0.3, -0.25) is 23.7 Å². The maximum atomic E-state index is 15.6. The zero-order chi connectivity index (χ0) is 40.0. The third-order valence-corrected chi connectivity index (χ3v) is 10.7. The molecule has 8 rings (SSSR count).